The van der Waals surface area contributed by atoms with Gasteiger partial charge in [0.1, 0.15) is 6.61 Å². The van der Waals surface area contributed by atoms with E-state index in [1.807, 2.05) is 31.3 Å². The van der Waals surface area contributed by atoms with Gasteiger partial charge < -0.3 is 10.5 Å². The van der Waals surface area contributed by atoms with Gasteiger partial charge in [-0.15, -0.1) is 11.3 Å². The van der Waals surface area contributed by atoms with Crippen molar-refractivity contribution >= 4 is 17.2 Å². The highest BCUT2D eigenvalue weighted by Crippen LogP contribution is 2.30. The number of anilines is 1. The molecule has 3 aromatic heterocycles. The molecule has 0 saturated heterocycles. The van der Waals surface area contributed by atoms with Crippen molar-refractivity contribution in [1.29, 1.82) is 0 Å². The first kappa shape index (κ1) is 13.5. The summed E-state index contributed by atoms with van der Waals surface area (Å²) in [4.78, 5) is 13.5. The highest BCUT2D eigenvalue weighted by atomic mass is 32.1. The van der Waals surface area contributed by atoms with E-state index in [0.29, 0.717) is 18.2 Å². The number of ether oxygens (including phenoxy) is 1. The van der Waals surface area contributed by atoms with Gasteiger partial charge in [-0.05, 0) is 30.7 Å². The quantitative estimate of drug-likeness (QED) is 0.801. The summed E-state index contributed by atoms with van der Waals surface area (Å²) in [6.45, 7) is 2.40. The minimum atomic E-state index is 0.383. The smallest absolute Gasteiger partial charge is 0.166 e. The van der Waals surface area contributed by atoms with Gasteiger partial charge in [-0.2, -0.15) is 0 Å². The Kier molecular flexibility index (Phi) is 3.79. The molecule has 0 aliphatic heterocycles. The van der Waals surface area contributed by atoms with Crippen LogP contribution in [0.15, 0.2) is 43.0 Å². The fourth-order valence-electron chi connectivity index (χ4n) is 1.84. The molecule has 0 aliphatic rings. The van der Waals surface area contributed by atoms with Crippen LogP contribution in [0.25, 0.3) is 10.4 Å². The van der Waals surface area contributed by atoms with E-state index in [-0.39, 0.29) is 0 Å². The molecule has 0 spiro atoms. The molecule has 0 radical (unpaired) electrons. The molecule has 0 atom stereocenters. The molecule has 106 valence electrons. The summed E-state index contributed by atoms with van der Waals surface area (Å²) in [6.07, 6.45) is 7.04. The first-order chi connectivity index (χ1) is 10.2. The highest BCUT2D eigenvalue weighted by Gasteiger charge is 2.08. The van der Waals surface area contributed by atoms with Gasteiger partial charge in [0, 0.05) is 30.4 Å². The zero-order chi connectivity index (χ0) is 14.7. The van der Waals surface area contributed by atoms with E-state index >= 15 is 0 Å². The number of hydrogen-bond acceptors (Lipinski definition) is 6. The first-order valence-electron chi connectivity index (χ1n) is 6.42. The number of pyridine rings is 2. The first-order valence-corrected chi connectivity index (χ1v) is 7.24. The molecule has 6 heteroatoms. The number of nitrogens with two attached hydrogens (primary N) is 1. The van der Waals surface area contributed by atoms with Crippen LogP contribution >= 0.6 is 11.3 Å². The second-order valence-corrected chi connectivity index (χ2v) is 5.73. The number of rotatable bonds is 4. The van der Waals surface area contributed by atoms with Gasteiger partial charge in [0.05, 0.1) is 9.88 Å². The molecule has 0 bridgehead atoms. The van der Waals surface area contributed by atoms with Crippen LogP contribution in [0.1, 0.15) is 10.6 Å². The Hall–Kier alpha value is -2.47. The van der Waals surface area contributed by atoms with Crippen molar-refractivity contribution in [2.45, 2.75) is 13.5 Å². The lowest BCUT2D eigenvalue weighted by molar-refractivity contribution is 0.307. The van der Waals surface area contributed by atoms with Crippen molar-refractivity contribution in [3.8, 4) is 16.2 Å². The van der Waals surface area contributed by atoms with Crippen LogP contribution in [0.3, 0.4) is 0 Å². The number of hydrogen-bond donors (Lipinski definition) is 1. The third-order valence-electron chi connectivity index (χ3n) is 2.93. The predicted molar refractivity (Wildman–Crippen MR) is 83.1 cm³/mol. The summed E-state index contributed by atoms with van der Waals surface area (Å²) in [5.74, 6) is 0.962. The van der Waals surface area contributed by atoms with Gasteiger partial charge in [-0.25, -0.2) is 9.97 Å². The summed E-state index contributed by atoms with van der Waals surface area (Å²) in [6, 6.07) is 5.70. The van der Waals surface area contributed by atoms with Gasteiger partial charge in [0.25, 0.3) is 0 Å². The van der Waals surface area contributed by atoms with Crippen molar-refractivity contribution in [1.82, 2.24) is 15.0 Å². The lowest BCUT2D eigenvalue weighted by atomic mass is 10.2. The van der Waals surface area contributed by atoms with Crippen LogP contribution < -0.4 is 10.5 Å². The Labute approximate surface area is 126 Å². The van der Waals surface area contributed by atoms with E-state index in [1.54, 1.807) is 29.9 Å². The summed E-state index contributed by atoms with van der Waals surface area (Å²) < 4.78 is 5.76. The molecule has 3 rings (SSSR count). The summed E-state index contributed by atoms with van der Waals surface area (Å²) in [7, 11) is 0. The van der Waals surface area contributed by atoms with E-state index in [0.717, 1.165) is 21.0 Å². The number of nitrogens with zero attached hydrogens (tertiary/aromatic N) is 3. The highest BCUT2D eigenvalue weighted by molar-refractivity contribution is 7.15. The van der Waals surface area contributed by atoms with E-state index in [9.17, 15) is 0 Å². The Morgan fingerprint density at radius 3 is 2.71 bits per heavy atom. The third-order valence-corrected chi connectivity index (χ3v) is 3.89. The second kappa shape index (κ2) is 5.88. The SMILES string of the molecule is Cc1ncc(-c2cnc(N)c(OCc3ccncc3)c2)s1. The van der Waals surface area contributed by atoms with Crippen molar-refractivity contribution in [3.05, 3.63) is 53.6 Å². The Morgan fingerprint density at radius 1 is 1.19 bits per heavy atom. The molecule has 2 N–H and O–H groups in total. The number of aryl methyl sites for hydroxylation is 1. The van der Waals surface area contributed by atoms with Crippen molar-refractivity contribution in [3.63, 3.8) is 0 Å². The van der Waals surface area contributed by atoms with E-state index < -0.39 is 0 Å². The number of aromatic nitrogens is 3. The van der Waals surface area contributed by atoms with Crippen LogP contribution in [0.4, 0.5) is 5.82 Å². The zero-order valence-electron chi connectivity index (χ0n) is 11.5. The maximum atomic E-state index is 5.88. The molecule has 21 heavy (non-hydrogen) atoms. The summed E-state index contributed by atoms with van der Waals surface area (Å²) in [5.41, 5.74) is 7.87. The lowest BCUT2D eigenvalue weighted by Crippen LogP contribution is -2.00. The molecule has 0 amide bonds. The normalized spacial score (nSPS) is 10.5. The van der Waals surface area contributed by atoms with E-state index in [2.05, 4.69) is 15.0 Å². The van der Waals surface area contributed by atoms with Crippen LogP contribution in [-0.4, -0.2) is 15.0 Å². The fourth-order valence-corrected chi connectivity index (χ4v) is 2.60. The summed E-state index contributed by atoms with van der Waals surface area (Å²) >= 11 is 1.61. The Balaban J connectivity index is 1.81. The Morgan fingerprint density at radius 2 is 2.00 bits per heavy atom. The molecule has 0 aliphatic carbocycles. The molecule has 3 aromatic rings. The third kappa shape index (κ3) is 3.17. The van der Waals surface area contributed by atoms with Crippen molar-refractivity contribution in [2.75, 3.05) is 5.73 Å². The second-order valence-electron chi connectivity index (χ2n) is 4.50. The van der Waals surface area contributed by atoms with E-state index in [1.165, 1.54) is 0 Å². The molecule has 5 nitrogen and oxygen atoms in total. The number of thiazole rings is 1. The average molecular weight is 298 g/mol. The lowest BCUT2D eigenvalue weighted by Gasteiger charge is -2.09. The molecule has 0 saturated carbocycles. The van der Waals surface area contributed by atoms with Gasteiger partial charge >= 0.3 is 0 Å². The van der Waals surface area contributed by atoms with Gasteiger partial charge in [-0.3, -0.25) is 4.98 Å². The van der Waals surface area contributed by atoms with Crippen LogP contribution in [0.5, 0.6) is 5.75 Å². The maximum Gasteiger partial charge on any atom is 0.166 e. The van der Waals surface area contributed by atoms with Crippen LogP contribution in [0, 0.1) is 6.92 Å². The molecule has 0 aromatic carbocycles. The van der Waals surface area contributed by atoms with E-state index in [4.69, 9.17) is 10.5 Å². The maximum absolute atomic E-state index is 5.88. The number of nitrogen functional groups attached to an aromatic ring is 1. The van der Waals surface area contributed by atoms with Crippen LogP contribution in [-0.2, 0) is 6.61 Å². The van der Waals surface area contributed by atoms with Gasteiger partial charge in [0.2, 0.25) is 0 Å². The van der Waals surface area contributed by atoms with Crippen molar-refractivity contribution < 1.29 is 4.74 Å². The average Bonchev–Trinajstić information content (AvgIpc) is 2.94. The molecule has 0 fully saturated rings. The van der Waals surface area contributed by atoms with Gasteiger partial charge in [-0.1, -0.05) is 0 Å². The predicted octanol–water partition coefficient (Wildman–Crippen LogP) is 3.07. The minimum Gasteiger partial charge on any atom is -0.485 e. The standard InChI is InChI=1S/C15H14N4OS/c1-10-18-8-14(21-10)12-6-13(15(16)19-7-12)20-9-11-2-4-17-5-3-11/h2-8H,9H2,1H3,(H2,16,19). The van der Waals surface area contributed by atoms with Gasteiger partial charge in [0.15, 0.2) is 11.6 Å². The largest absolute Gasteiger partial charge is 0.485 e. The Bertz CT molecular complexity index is 742. The monoisotopic (exact) mass is 298 g/mol. The zero-order valence-corrected chi connectivity index (χ0v) is 12.3. The van der Waals surface area contributed by atoms with Crippen LogP contribution in [0.2, 0.25) is 0 Å². The molecule has 3 heterocycles. The molecular formula is C15H14N4OS. The van der Waals surface area contributed by atoms with Crippen molar-refractivity contribution in [2.24, 2.45) is 0 Å². The minimum absolute atomic E-state index is 0.383. The topological polar surface area (TPSA) is 73.9 Å². The molecule has 0 unspecified atom stereocenters. The summed E-state index contributed by atoms with van der Waals surface area (Å²) in [5, 5.41) is 1.01. The fraction of sp³-hybridized carbons (Fsp3) is 0.133. The molecular weight excluding hydrogens is 284 g/mol.